The third-order valence-corrected chi connectivity index (χ3v) is 7.55. The van der Waals surface area contributed by atoms with Crippen LogP contribution in [0.4, 0.5) is 5.69 Å². The number of fused-ring (bicyclic) bond motifs is 2. The average molecular weight is 414 g/mol. The van der Waals surface area contributed by atoms with Gasteiger partial charge in [0.05, 0.1) is 5.52 Å². The number of nitrogens with one attached hydrogen (secondary N) is 1. The summed E-state index contributed by atoms with van der Waals surface area (Å²) in [5.74, 6) is 1.72. The molecule has 1 unspecified atom stereocenters. The van der Waals surface area contributed by atoms with Crippen LogP contribution >= 0.6 is 0 Å². The molecular formula is C28H35N3. The zero-order chi connectivity index (χ0) is 21.0. The van der Waals surface area contributed by atoms with Crippen molar-refractivity contribution in [2.24, 2.45) is 11.8 Å². The fourth-order valence-corrected chi connectivity index (χ4v) is 5.74. The van der Waals surface area contributed by atoms with Crippen LogP contribution in [0.2, 0.25) is 0 Å². The van der Waals surface area contributed by atoms with Gasteiger partial charge in [0.15, 0.2) is 0 Å². The molecule has 0 radical (unpaired) electrons. The highest BCUT2D eigenvalue weighted by Gasteiger charge is 2.25. The van der Waals surface area contributed by atoms with Gasteiger partial charge in [-0.2, -0.15) is 0 Å². The molecule has 0 spiro atoms. The first-order valence-corrected chi connectivity index (χ1v) is 12.1. The molecule has 1 aliphatic carbocycles. The van der Waals surface area contributed by atoms with Gasteiger partial charge in [0.2, 0.25) is 0 Å². The van der Waals surface area contributed by atoms with Gasteiger partial charge >= 0.3 is 0 Å². The van der Waals surface area contributed by atoms with Crippen molar-refractivity contribution in [1.29, 1.82) is 0 Å². The summed E-state index contributed by atoms with van der Waals surface area (Å²) in [4.78, 5) is 7.64. The van der Waals surface area contributed by atoms with Crippen molar-refractivity contribution in [2.45, 2.75) is 51.5 Å². The van der Waals surface area contributed by atoms with Crippen LogP contribution in [-0.2, 0) is 19.4 Å². The van der Waals surface area contributed by atoms with E-state index in [1.165, 1.54) is 79.5 Å². The zero-order valence-electron chi connectivity index (χ0n) is 18.8. The second kappa shape index (κ2) is 9.40. The van der Waals surface area contributed by atoms with Gasteiger partial charge in [-0.25, -0.2) is 0 Å². The number of benzene rings is 2. The number of pyridine rings is 1. The first-order chi connectivity index (χ1) is 15.3. The Morgan fingerprint density at radius 1 is 0.903 bits per heavy atom. The molecule has 1 N–H and O–H groups in total. The van der Waals surface area contributed by atoms with E-state index in [2.05, 4.69) is 71.9 Å². The highest BCUT2D eigenvalue weighted by Crippen LogP contribution is 2.37. The van der Waals surface area contributed by atoms with Gasteiger partial charge in [-0.15, -0.1) is 0 Å². The Bertz CT molecular complexity index is 1010. The largest absolute Gasteiger partial charge is 0.387 e. The Hall–Kier alpha value is -2.39. The lowest BCUT2D eigenvalue weighted by molar-refractivity contribution is 0.166. The number of nitrogens with zero attached hydrogens (tertiary/aromatic N) is 2. The molecule has 5 rings (SSSR count). The smallest absolute Gasteiger partial charge is 0.0726 e. The molecule has 1 saturated heterocycles. The van der Waals surface area contributed by atoms with E-state index in [0.717, 1.165) is 30.3 Å². The predicted molar refractivity (Wildman–Crippen MR) is 130 cm³/mol. The van der Waals surface area contributed by atoms with E-state index in [9.17, 15) is 0 Å². The summed E-state index contributed by atoms with van der Waals surface area (Å²) < 4.78 is 0. The van der Waals surface area contributed by atoms with Crippen molar-refractivity contribution in [1.82, 2.24) is 9.88 Å². The van der Waals surface area contributed by atoms with E-state index < -0.39 is 0 Å². The van der Waals surface area contributed by atoms with Crippen LogP contribution in [0.1, 0.15) is 48.9 Å². The lowest BCUT2D eigenvalue weighted by Crippen LogP contribution is -2.33. The molecule has 3 heteroatoms. The van der Waals surface area contributed by atoms with Crippen LogP contribution in [0, 0.1) is 11.8 Å². The molecule has 1 aliphatic heterocycles. The van der Waals surface area contributed by atoms with E-state index in [1.54, 1.807) is 0 Å². The molecule has 1 fully saturated rings. The molecule has 0 saturated carbocycles. The minimum absolute atomic E-state index is 0.810. The normalized spacial score (nSPS) is 20.0. The van der Waals surface area contributed by atoms with Gasteiger partial charge < -0.3 is 5.32 Å². The minimum Gasteiger partial charge on any atom is -0.387 e. The predicted octanol–water partition coefficient (Wildman–Crippen LogP) is 6.07. The molecular weight excluding hydrogens is 378 g/mol. The maximum absolute atomic E-state index is 5.01. The summed E-state index contributed by atoms with van der Waals surface area (Å²) in [7, 11) is 2.06. The van der Waals surface area contributed by atoms with Crippen molar-refractivity contribution in [2.75, 3.05) is 25.5 Å². The van der Waals surface area contributed by atoms with Gasteiger partial charge in [-0.1, -0.05) is 55.0 Å². The van der Waals surface area contributed by atoms with Crippen molar-refractivity contribution in [3.63, 3.8) is 0 Å². The molecule has 0 amide bonds. The molecule has 3 aromatic rings. The highest BCUT2D eigenvalue weighted by molar-refractivity contribution is 5.93. The van der Waals surface area contributed by atoms with E-state index in [0.29, 0.717) is 0 Å². The zero-order valence-corrected chi connectivity index (χ0v) is 18.8. The molecule has 0 bridgehead atoms. The number of anilines is 1. The van der Waals surface area contributed by atoms with Crippen molar-refractivity contribution in [3.8, 4) is 0 Å². The summed E-state index contributed by atoms with van der Waals surface area (Å²) >= 11 is 0. The van der Waals surface area contributed by atoms with Crippen LogP contribution in [0.25, 0.3) is 10.9 Å². The van der Waals surface area contributed by atoms with Crippen LogP contribution < -0.4 is 5.32 Å². The van der Waals surface area contributed by atoms with Crippen molar-refractivity contribution >= 4 is 16.6 Å². The van der Waals surface area contributed by atoms with Crippen molar-refractivity contribution < 1.29 is 0 Å². The number of likely N-dealkylation sites (tertiary alicyclic amines) is 1. The molecule has 1 atom stereocenters. The topological polar surface area (TPSA) is 28.2 Å². The summed E-state index contributed by atoms with van der Waals surface area (Å²) in [5.41, 5.74) is 6.71. The first kappa shape index (κ1) is 20.5. The number of aromatic nitrogens is 1. The van der Waals surface area contributed by atoms with E-state index in [1.807, 2.05) is 0 Å². The van der Waals surface area contributed by atoms with Gasteiger partial charge in [0.25, 0.3) is 0 Å². The second-order valence-corrected chi connectivity index (χ2v) is 9.57. The fraction of sp³-hybridized carbons (Fsp3) is 0.464. The number of hydrogen-bond donors (Lipinski definition) is 1. The summed E-state index contributed by atoms with van der Waals surface area (Å²) in [6.45, 7) is 3.63. The molecule has 31 heavy (non-hydrogen) atoms. The fourth-order valence-electron chi connectivity index (χ4n) is 5.74. The number of piperidine rings is 1. The molecule has 2 heterocycles. The lowest BCUT2D eigenvalue weighted by Gasteiger charge is -2.33. The lowest BCUT2D eigenvalue weighted by atomic mass is 9.80. The number of hydrogen-bond acceptors (Lipinski definition) is 3. The molecule has 162 valence electrons. The number of aryl methyl sites for hydroxylation is 1. The van der Waals surface area contributed by atoms with Crippen LogP contribution in [0.5, 0.6) is 0 Å². The minimum atomic E-state index is 0.810. The Labute approximate surface area is 186 Å². The molecule has 2 aromatic carbocycles. The summed E-state index contributed by atoms with van der Waals surface area (Å²) in [6.07, 6.45) is 9.13. The van der Waals surface area contributed by atoms with Gasteiger partial charge in [-0.3, -0.25) is 9.88 Å². The number of para-hydroxylation sites is 1. The standard InChI is InChI=1S/C28H35N3/c1-29-28-24-9-5-6-10-26(24)30-27-14-13-22(19-25(27)28)12-11-21-15-17-31(18-16-21)20-23-7-3-2-4-8-23/h2-10,21-22H,11-20H2,1H3,(H,29,30). The number of rotatable bonds is 6. The van der Waals surface area contributed by atoms with Crippen molar-refractivity contribution in [3.05, 3.63) is 71.4 Å². The van der Waals surface area contributed by atoms with Gasteiger partial charge in [0.1, 0.15) is 0 Å². The van der Waals surface area contributed by atoms with Gasteiger partial charge in [0, 0.05) is 30.4 Å². The van der Waals surface area contributed by atoms with E-state index in [-0.39, 0.29) is 0 Å². The Balaban J connectivity index is 1.16. The van der Waals surface area contributed by atoms with Gasteiger partial charge in [-0.05, 0) is 80.6 Å². The third-order valence-electron chi connectivity index (χ3n) is 7.55. The second-order valence-electron chi connectivity index (χ2n) is 9.57. The quantitative estimate of drug-likeness (QED) is 0.531. The summed E-state index contributed by atoms with van der Waals surface area (Å²) in [6, 6.07) is 19.5. The first-order valence-electron chi connectivity index (χ1n) is 12.1. The average Bonchev–Trinajstić information content (AvgIpc) is 2.82. The Kier molecular flexibility index (Phi) is 6.22. The molecule has 2 aliphatic rings. The molecule has 3 nitrogen and oxygen atoms in total. The highest BCUT2D eigenvalue weighted by atomic mass is 15.1. The monoisotopic (exact) mass is 413 g/mol. The SMILES string of the molecule is CNc1c2c(nc3ccccc13)CCC(CCC1CCN(Cc3ccccc3)CC1)C2. The third kappa shape index (κ3) is 4.62. The van der Waals surface area contributed by atoms with E-state index in [4.69, 9.17) is 4.98 Å². The summed E-state index contributed by atoms with van der Waals surface area (Å²) in [5, 5.41) is 4.78. The van der Waals surface area contributed by atoms with Crippen LogP contribution in [-0.4, -0.2) is 30.0 Å². The maximum Gasteiger partial charge on any atom is 0.0726 e. The Morgan fingerprint density at radius 3 is 2.45 bits per heavy atom. The van der Waals surface area contributed by atoms with E-state index >= 15 is 0 Å². The van der Waals surface area contributed by atoms with Crippen LogP contribution in [0.3, 0.4) is 0 Å². The molecule has 1 aromatic heterocycles. The maximum atomic E-state index is 5.01. The van der Waals surface area contributed by atoms with Crippen LogP contribution in [0.15, 0.2) is 54.6 Å². The Morgan fingerprint density at radius 2 is 1.65 bits per heavy atom.